The molecule has 112 valence electrons. The number of nitrogens with two attached hydrogens (primary N) is 1. The van der Waals surface area contributed by atoms with Crippen molar-refractivity contribution >= 4 is 34.3 Å². The van der Waals surface area contributed by atoms with Crippen molar-refractivity contribution in [2.75, 3.05) is 18.9 Å². The predicted octanol–water partition coefficient (Wildman–Crippen LogP) is 3.06. The summed E-state index contributed by atoms with van der Waals surface area (Å²) >= 11 is 7.46. The van der Waals surface area contributed by atoms with Gasteiger partial charge in [0.1, 0.15) is 6.61 Å². The molecule has 21 heavy (non-hydrogen) atoms. The summed E-state index contributed by atoms with van der Waals surface area (Å²) in [4.78, 5) is 10.3. The lowest BCUT2D eigenvalue weighted by Gasteiger charge is -2.10. The quantitative estimate of drug-likeness (QED) is 0.353. The minimum absolute atomic E-state index is 0.0118. The number of hydrogen-bond acceptors (Lipinski definition) is 6. The number of rotatable bonds is 7. The van der Waals surface area contributed by atoms with E-state index in [1.807, 2.05) is 11.4 Å². The molecule has 1 heterocycles. The summed E-state index contributed by atoms with van der Waals surface area (Å²) in [6.07, 6.45) is 0. The van der Waals surface area contributed by atoms with Gasteiger partial charge in [-0.05, 0) is 22.4 Å². The number of nitrogens with zero attached hydrogens (tertiary/aromatic N) is 1. The van der Waals surface area contributed by atoms with Crippen LogP contribution < -0.4 is 15.8 Å². The minimum Gasteiger partial charge on any atom is -0.490 e. The Balaban J connectivity index is 1.86. The number of halogens is 1. The molecule has 0 aliphatic heterocycles. The number of nitro benzene ring substituents is 1. The normalized spacial score (nSPS) is 10.5. The van der Waals surface area contributed by atoms with Crippen LogP contribution in [0.1, 0.15) is 5.56 Å². The number of ether oxygens (including phenoxy) is 1. The van der Waals surface area contributed by atoms with Crippen LogP contribution >= 0.6 is 22.9 Å². The van der Waals surface area contributed by atoms with Gasteiger partial charge in [-0.25, -0.2) is 0 Å². The summed E-state index contributed by atoms with van der Waals surface area (Å²) in [5, 5.41) is 18.3. The van der Waals surface area contributed by atoms with E-state index in [2.05, 4.69) is 10.7 Å². The van der Waals surface area contributed by atoms with Crippen LogP contribution in [0, 0.1) is 10.1 Å². The van der Waals surface area contributed by atoms with E-state index in [9.17, 15) is 10.1 Å². The first-order chi connectivity index (χ1) is 10.1. The zero-order chi connectivity index (χ0) is 15.2. The molecule has 0 atom stereocenters. The smallest absolute Gasteiger partial charge is 0.297 e. The van der Waals surface area contributed by atoms with Crippen molar-refractivity contribution in [1.82, 2.24) is 5.32 Å². The van der Waals surface area contributed by atoms with Crippen LogP contribution in [0.15, 0.2) is 29.0 Å². The second kappa shape index (κ2) is 7.26. The second-order valence-electron chi connectivity index (χ2n) is 4.25. The van der Waals surface area contributed by atoms with E-state index in [4.69, 9.17) is 22.1 Å². The Morgan fingerprint density at radius 2 is 2.29 bits per heavy atom. The van der Waals surface area contributed by atoms with E-state index < -0.39 is 4.92 Å². The molecule has 0 unspecified atom stereocenters. The van der Waals surface area contributed by atoms with Crippen molar-refractivity contribution in [3.05, 3.63) is 49.7 Å². The van der Waals surface area contributed by atoms with Crippen molar-refractivity contribution in [3.63, 3.8) is 0 Å². The van der Waals surface area contributed by atoms with Crippen molar-refractivity contribution in [3.8, 4) is 5.75 Å². The maximum Gasteiger partial charge on any atom is 0.297 e. The first-order valence-electron chi connectivity index (χ1n) is 6.16. The Kier molecular flexibility index (Phi) is 5.38. The Bertz CT molecular complexity index is 619. The van der Waals surface area contributed by atoms with Gasteiger partial charge < -0.3 is 15.8 Å². The monoisotopic (exact) mass is 327 g/mol. The summed E-state index contributed by atoms with van der Waals surface area (Å²) in [7, 11) is 0. The van der Waals surface area contributed by atoms with Crippen molar-refractivity contribution in [1.29, 1.82) is 0 Å². The molecule has 2 aromatic rings. The molecule has 0 spiro atoms. The first-order valence-corrected chi connectivity index (χ1v) is 7.48. The molecular formula is C13H14ClN3O3S. The third-order valence-electron chi connectivity index (χ3n) is 2.73. The maximum atomic E-state index is 10.8. The fraction of sp³-hybridized carbons (Fsp3) is 0.231. The minimum atomic E-state index is -0.580. The molecule has 0 saturated heterocycles. The highest BCUT2D eigenvalue weighted by atomic mass is 35.5. The van der Waals surface area contributed by atoms with Crippen LogP contribution in [0.2, 0.25) is 5.02 Å². The number of thiophene rings is 1. The molecule has 0 fully saturated rings. The Morgan fingerprint density at radius 1 is 1.48 bits per heavy atom. The average Bonchev–Trinajstić information content (AvgIpc) is 2.94. The van der Waals surface area contributed by atoms with Gasteiger partial charge in [-0.3, -0.25) is 10.1 Å². The number of nitro groups is 1. The van der Waals surface area contributed by atoms with Crippen LogP contribution in [0.25, 0.3) is 0 Å². The largest absolute Gasteiger partial charge is 0.490 e. The highest BCUT2D eigenvalue weighted by Gasteiger charge is 2.17. The SMILES string of the molecule is Nc1c(OCCNCc2ccsc2)cc(Cl)cc1[N+](=O)[O-]. The van der Waals surface area contributed by atoms with E-state index >= 15 is 0 Å². The van der Waals surface area contributed by atoms with E-state index in [0.717, 1.165) is 6.54 Å². The van der Waals surface area contributed by atoms with E-state index in [0.29, 0.717) is 13.2 Å². The van der Waals surface area contributed by atoms with Gasteiger partial charge in [-0.15, -0.1) is 0 Å². The van der Waals surface area contributed by atoms with Gasteiger partial charge >= 0.3 is 0 Å². The maximum absolute atomic E-state index is 10.8. The summed E-state index contributed by atoms with van der Waals surface area (Å²) in [5.74, 6) is 0.228. The highest BCUT2D eigenvalue weighted by Crippen LogP contribution is 2.34. The van der Waals surface area contributed by atoms with Crippen molar-refractivity contribution in [2.24, 2.45) is 0 Å². The first kappa shape index (κ1) is 15.6. The molecule has 0 aliphatic carbocycles. The molecule has 0 aliphatic rings. The summed E-state index contributed by atoms with van der Waals surface area (Å²) in [5.41, 5.74) is 6.65. The van der Waals surface area contributed by atoms with Crippen molar-refractivity contribution in [2.45, 2.75) is 6.54 Å². The topological polar surface area (TPSA) is 90.4 Å². The van der Waals surface area contributed by atoms with Gasteiger partial charge in [-0.1, -0.05) is 11.6 Å². The number of nitrogen functional groups attached to an aromatic ring is 1. The number of anilines is 1. The number of nitrogens with one attached hydrogen (secondary N) is 1. The fourth-order valence-electron chi connectivity index (χ4n) is 1.71. The van der Waals surface area contributed by atoms with Crippen LogP contribution in [0.5, 0.6) is 5.75 Å². The van der Waals surface area contributed by atoms with Gasteiger partial charge in [0.2, 0.25) is 0 Å². The standard InChI is InChI=1S/C13H14ClN3O3S/c14-10-5-11(17(18)19)13(15)12(6-10)20-3-2-16-7-9-1-4-21-8-9/h1,4-6,8,16H,2-3,7,15H2. The van der Waals surface area contributed by atoms with Crippen LogP contribution in [0.4, 0.5) is 11.4 Å². The van der Waals surface area contributed by atoms with Gasteiger partial charge in [-0.2, -0.15) is 11.3 Å². The van der Waals surface area contributed by atoms with Crippen molar-refractivity contribution < 1.29 is 9.66 Å². The predicted molar refractivity (Wildman–Crippen MR) is 84.0 cm³/mol. The third kappa shape index (κ3) is 4.32. The van der Waals surface area contributed by atoms with Crippen LogP contribution in [-0.2, 0) is 6.54 Å². The van der Waals surface area contributed by atoms with Gasteiger partial charge in [0.15, 0.2) is 11.4 Å². The number of benzene rings is 1. The summed E-state index contributed by atoms with van der Waals surface area (Å²) in [6.45, 7) is 1.68. The Labute approximate surface area is 130 Å². The zero-order valence-electron chi connectivity index (χ0n) is 11.0. The van der Waals surface area contributed by atoms with Crippen LogP contribution in [0.3, 0.4) is 0 Å². The van der Waals surface area contributed by atoms with Crippen LogP contribution in [-0.4, -0.2) is 18.1 Å². The second-order valence-corrected chi connectivity index (χ2v) is 5.47. The zero-order valence-corrected chi connectivity index (χ0v) is 12.6. The average molecular weight is 328 g/mol. The molecule has 8 heteroatoms. The fourth-order valence-corrected chi connectivity index (χ4v) is 2.58. The van der Waals surface area contributed by atoms with E-state index in [-0.39, 0.29) is 22.1 Å². The summed E-state index contributed by atoms with van der Waals surface area (Å²) < 4.78 is 5.45. The molecule has 0 amide bonds. The molecule has 6 nitrogen and oxygen atoms in total. The molecular weight excluding hydrogens is 314 g/mol. The Hall–Kier alpha value is -1.83. The third-order valence-corrected chi connectivity index (χ3v) is 3.68. The lowest BCUT2D eigenvalue weighted by atomic mass is 10.2. The molecule has 0 bridgehead atoms. The highest BCUT2D eigenvalue weighted by molar-refractivity contribution is 7.07. The molecule has 3 N–H and O–H groups in total. The molecule has 2 rings (SSSR count). The Morgan fingerprint density at radius 3 is 2.95 bits per heavy atom. The molecule has 1 aromatic carbocycles. The van der Waals surface area contributed by atoms with Gasteiger partial charge in [0.05, 0.1) is 9.95 Å². The molecule has 1 aromatic heterocycles. The van der Waals surface area contributed by atoms with Gasteiger partial charge in [0.25, 0.3) is 5.69 Å². The van der Waals surface area contributed by atoms with E-state index in [1.54, 1.807) is 11.3 Å². The van der Waals surface area contributed by atoms with E-state index in [1.165, 1.54) is 17.7 Å². The summed E-state index contributed by atoms with van der Waals surface area (Å²) in [6, 6.07) is 4.72. The lowest BCUT2D eigenvalue weighted by molar-refractivity contribution is -0.383. The van der Waals surface area contributed by atoms with Gasteiger partial charge in [0, 0.05) is 25.2 Å². The lowest BCUT2D eigenvalue weighted by Crippen LogP contribution is -2.20. The molecule has 0 saturated carbocycles. The molecule has 0 radical (unpaired) electrons. The number of hydrogen-bond donors (Lipinski definition) is 2.